The highest BCUT2D eigenvalue weighted by atomic mass is 16.7. The molecule has 0 N–H and O–H groups in total. The first-order valence-electron chi connectivity index (χ1n) is 2.94. The molecule has 0 spiro atoms. The number of hydrogen-bond acceptors (Lipinski definition) is 4. The van der Waals surface area contributed by atoms with Crippen LogP contribution in [0.15, 0.2) is 5.34 Å². The van der Waals surface area contributed by atoms with Crippen molar-refractivity contribution in [2.24, 2.45) is 5.34 Å². The highest BCUT2D eigenvalue weighted by Gasteiger charge is 1.85. The largest absolute Gasteiger partial charge is 0.382 e. The van der Waals surface area contributed by atoms with Crippen molar-refractivity contribution in [3.8, 4) is 0 Å². The number of hydrogen-bond donors (Lipinski definition) is 0. The molecule has 0 saturated heterocycles. The average molecular weight is 133 g/mol. The molecule has 0 amide bonds. The zero-order valence-electron chi connectivity index (χ0n) is 5.50. The standard InChI is InChI=1S/C5H11NO3/c1-2-8-4-3-5-9-6-7/h2-5H2,1H3. The van der Waals surface area contributed by atoms with Crippen LogP contribution in [0, 0.1) is 4.91 Å². The molecule has 0 aromatic carbocycles. The Balaban J connectivity index is 2.66. The Morgan fingerprint density at radius 2 is 2.22 bits per heavy atom. The Bertz CT molecular complexity index is 67.2. The predicted molar refractivity (Wildman–Crippen MR) is 32.9 cm³/mol. The van der Waals surface area contributed by atoms with Gasteiger partial charge in [-0.25, -0.2) is 0 Å². The molecular weight excluding hydrogens is 122 g/mol. The van der Waals surface area contributed by atoms with E-state index in [1.54, 1.807) is 0 Å². The van der Waals surface area contributed by atoms with Crippen LogP contribution in [0.1, 0.15) is 13.3 Å². The second kappa shape index (κ2) is 7.36. The van der Waals surface area contributed by atoms with Crippen molar-refractivity contribution in [1.82, 2.24) is 0 Å². The lowest BCUT2D eigenvalue weighted by Crippen LogP contribution is -1.97. The van der Waals surface area contributed by atoms with Gasteiger partial charge < -0.3 is 9.57 Å². The zero-order valence-corrected chi connectivity index (χ0v) is 5.50. The Labute approximate surface area is 54.1 Å². The van der Waals surface area contributed by atoms with Gasteiger partial charge in [0.1, 0.15) is 6.61 Å². The molecule has 0 bridgehead atoms. The van der Waals surface area contributed by atoms with Gasteiger partial charge in [0.25, 0.3) is 0 Å². The van der Waals surface area contributed by atoms with Crippen molar-refractivity contribution in [2.75, 3.05) is 19.8 Å². The molecule has 0 aliphatic heterocycles. The van der Waals surface area contributed by atoms with E-state index in [9.17, 15) is 4.91 Å². The summed E-state index contributed by atoms with van der Waals surface area (Å²) in [6.45, 7) is 3.60. The molecule has 4 nitrogen and oxygen atoms in total. The summed E-state index contributed by atoms with van der Waals surface area (Å²) in [4.78, 5) is 13.5. The van der Waals surface area contributed by atoms with Gasteiger partial charge >= 0.3 is 0 Å². The van der Waals surface area contributed by atoms with Crippen LogP contribution in [0.4, 0.5) is 0 Å². The normalized spacial score (nSPS) is 9.00. The molecule has 0 saturated carbocycles. The number of nitrogens with zero attached hydrogens (tertiary/aromatic N) is 1. The van der Waals surface area contributed by atoms with Gasteiger partial charge in [-0.2, -0.15) is 0 Å². The molecular formula is C5H11NO3. The van der Waals surface area contributed by atoms with Crippen LogP contribution in [0.2, 0.25) is 0 Å². The van der Waals surface area contributed by atoms with E-state index in [4.69, 9.17) is 4.74 Å². The molecule has 0 aromatic rings. The Morgan fingerprint density at radius 3 is 2.78 bits per heavy atom. The summed E-state index contributed by atoms with van der Waals surface area (Å²) in [6.07, 6.45) is 0.722. The van der Waals surface area contributed by atoms with Crippen molar-refractivity contribution >= 4 is 0 Å². The van der Waals surface area contributed by atoms with E-state index >= 15 is 0 Å². The van der Waals surface area contributed by atoms with Crippen molar-refractivity contribution in [2.45, 2.75) is 13.3 Å². The molecule has 0 heterocycles. The SMILES string of the molecule is CCOCCCON=O. The van der Waals surface area contributed by atoms with E-state index in [0.717, 1.165) is 6.42 Å². The summed E-state index contributed by atoms with van der Waals surface area (Å²) < 4.78 is 4.96. The van der Waals surface area contributed by atoms with Crippen molar-refractivity contribution in [3.05, 3.63) is 4.91 Å². The van der Waals surface area contributed by atoms with Crippen LogP contribution < -0.4 is 0 Å². The van der Waals surface area contributed by atoms with E-state index in [-0.39, 0.29) is 0 Å². The predicted octanol–water partition coefficient (Wildman–Crippen LogP) is 1.11. The van der Waals surface area contributed by atoms with Gasteiger partial charge in [-0.05, 0) is 6.92 Å². The molecule has 0 unspecified atom stereocenters. The van der Waals surface area contributed by atoms with Crippen LogP contribution >= 0.6 is 0 Å². The summed E-state index contributed by atoms with van der Waals surface area (Å²) in [6, 6.07) is 0. The summed E-state index contributed by atoms with van der Waals surface area (Å²) in [5.41, 5.74) is 0. The van der Waals surface area contributed by atoms with E-state index in [1.807, 2.05) is 6.92 Å². The summed E-state index contributed by atoms with van der Waals surface area (Å²) >= 11 is 0. The smallest absolute Gasteiger partial charge is 0.155 e. The fraction of sp³-hybridized carbons (Fsp3) is 1.00. The van der Waals surface area contributed by atoms with Gasteiger partial charge in [-0.3, -0.25) is 0 Å². The van der Waals surface area contributed by atoms with Gasteiger partial charge in [0.2, 0.25) is 0 Å². The first-order chi connectivity index (χ1) is 4.41. The lowest BCUT2D eigenvalue weighted by atomic mass is 10.5. The van der Waals surface area contributed by atoms with Gasteiger partial charge in [0.15, 0.2) is 5.34 Å². The molecule has 9 heavy (non-hydrogen) atoms. The minimum atomic E-state index is 0.351. The minimum absolute atomic E-state index is 0.351. The number of rotatable bonds is 6. The Kier molecular flexibility index (Phi) is 6.84. The lowest BCUT2D eigenvalue weighted by molar-refractivity contribution is 0.0898. The van der Waals surface area contributed by atoms with Gasteiger partial charge in [-0.1, -0.05) is 0 Å². The fourth-order valence-electron chi connectivity index (χ4n) is 0.407. The third-order valence-electron chi connectivity index (χ3n) is 0.781. The lowest BCUT2D eigenvalue weighted by Gasteiger charge is -1.96. The molecule has 0 rings (SSSR count). The van der Waals surface area contributed by atoms with Gasteiger partial charge in [0.05, 0.1) is 0 Å². The third-order valence-corrected chi connectivity index (χ3v) is 0.781. The van der Waals surface area contributed by atoms with Crippen molar-refractivity contribution < 1.29 is 9.57 Å². The van der Waals surface area contributed by atoms with Crippen molar-refractivity contribution in [1.29, 1.82) is 0 Å². The topological polar surface area (TPSA) is 47.9 Å². The molecule has 0 aromatic heterocycles. The average Bonchev–Trinajstić information content (AvgIpc) is 1.89. The molecule has 0 aliphatic carbocycles. The van der Waals surface area contributed by atoms with Crippen LogP contribution in [0.3, 0.4) is 0 Å². The van der Waals surface area contributed by atoms with Crippen LogP contribution in [-0.4, -0.2) is 19.8 Å². The maximum atomic E-state index is 9.32. The van der Waals surface area contributed by atoms with Crippen LogP contribution in [0.5, 0.6) is 0 Å². The van der Waals surface area contributed by atoms with Crippen LogP contribution in [-0.2, 0) is 9.57 Å². The third kappa shape index (κ3) is 7.36. The van der Waals surface area contributed by atoms with E-state index < -0.39 is 0 Å². The van der Waals surface area contributed by atoms with Crippen molar-refractivity contribution in [3.63, 3.8) is 0 Å². The monoisotopic (exact) mass is 133 g/mol. The first kappa shape index (κ1) is 8.36. The summed E-state index contributed by atoms with van der Waals surface area (Å²) in [7, 11) is 0. The van der Waals surface area contributed by atoms with E-state index in [2.05, 4.69) is 10.2 Å². The summed E-state index contributed by atoms with van der Waals surface area (Å²) in [5.74, 6) is 0. The Morgan fingerprint density at radius 1 is 1.44 bits per heavy atom. The van der Waals surface area contributed by atoms with Crippen LogP contribution in [0.25, 0.3) is 0 Å². The quantitative estimate of drug-likeness (QED) is 0.310. The molecule has 0 fully saturated rings. The second-order valence-corrected chi connectivity index (χ2v) is 1.46. The zero-order chi connectivity index (χ0) is 6.95. The highest BCUT2D eigenvalue weighted by molar-refractivity contribution is 4.30. The Hall–Kier alpha value is -0.640. The molecule has 54 valence electrons. The second-order valence-electron chi connectivity index (χ2n) is 1.46. The highest BCUT2D eigenvalue weighted by Crippen LogP contribution is 1.83. The minimum Gasteiger partial charge on any atom is -0.382 e. The van der Waals surface area contributed by atoms with E-state index in [1.165, 1.54) is 0 Å². The number of ether oxygens (including phenoxy) is 1. The van der Waals surface area contributed by atoms with Gasteiger partial charge in [-0.15, -0.1) is 4.91 Å². The maximum absolute atomic E-state index is 9.32. The molecule has 0 radical (unpaired) electrons. The fourth-order valence-corrected chi connectivity index (χ4v) is 0.407. The first-order valence-corrected chi connectivity index (χ1v) is 2.94. The van der Waals surface area contributed by atoms with Gasteiger partial charge in [0, 0.05) is 19.6 Å². The maximum Gasteiger partial charge on any atom is 0.155 e. The molecule has 4 heteroatoms. The van der Waals surface area contributed by atoms with E-state index in [0.29, 0.717) is 19.8 Å². The summed E-state index contributed by atoms with van der Waals surface area (Å²) in [5, 5.41) is 2.23. The molecule has 0 aliphatic rings. The molecule has 0 atom stereocenters.